The fourth-order valence-corrected chi connectivity index (χ4v) is 7.98. The maximum absolute atomic E-state index is 13.3. The monoisotopic (exact) mass is 1030 g/mol. The zero-order chi connectivity index (χ0) is 53.5. The summed E-state index contributed by atoms with van der Waals surface area (Å²) in [4.78, 5) is 102. The minimum atomic E-state index is -2.30. The summed E-state index contributed by atoms with van der Waals surface area (Å²) >= 11 is 0. The fraction of sp³-hybridized carbons (Fsp3) is 0.810. The molecular formula is C42H70N6O23. The second-order valence-electron chi connectivity index (χ2n) is 18.4. The van der Waals surface area contributed by atoms with Crippen molar-refractivity contribution in [3.05, 3.63) is 0 Å². The van der Waals surface area contributed by atoms with E-state index in [4.69, 9.17) is 18.9 Å². The molecule has 3 heterocycles. The molecule has 29 heteroatoms. The molecule has 0 aromatic rings. The number of ether oxygens (including phenoxy) is 4. The van der Waals surface area contributed by atoms with Crippen LogP contribution in [0, 0.1) is 0 Å². The van der Waals surface area contributed by atoms with E-state index >= 15 is 0 Å². The lowest BCUT2D eigenvalue weighted by molar-refractivity contribution is -0.198. The molecule has 17 N–H and O–H groups in total. The number of nitrogens with one attached hydrogen (secondary N) is 6. The highest BCUT2D eigenvalue weighted by molar-refractivity contribution is 5.92. The number of hydrogen-bond acceptors (Lipinski definition) is 21. The molecule has 0 unspecified atom stereocenters. The number of carbonyl (C=O) groups is 8. The van der Waals surface area contributed by atoms with Gasteiger partial charge in [-0.25, -0.2) is 14.4 Å². The Hall–Kier alpha value is -4.92. The first-order chi connectivity index (χ1) is 33.3. The number of aliphatic carboxylic acids is 2. The van der Waals surface area contributed by atoms with Gasteiger partial charge in [0.25, 0.3) is 17.7 Å². The number of carbonyl (C=O) groups excluding carboxylic acids is 6. The smallest absolute Gasteiger partial charge is 0.408 e. The number of rotatable bonds is 24. The standard InChI is InChI=1S/C42H70N6O23/c1-5-6-7-8-9-10-11-43-36(60)33-30(57)27(54)24(19(14-49)68-33)46-22(52)12-17(39(63)64)44-37(61)34-31(58)28(55)25(20(15-50)69-34)47-23(53)13-18(40(65)66)45-38(62)35-32(59)29(56)26(21(16-51)70-35)48-41(67)71-42(2,3)4/h17-21,24-35,49-51,54-59H,5-16H2,1-4H3,(H,43,60)(H,44,61)(H,45,62)(H,46,52)(H,47,53)(H,48,67)(H,63,64)(H,65,66)/t17-,18-,19+,20-,21+,24+,25-,26+,27-,28+,29-,30+,31-,32+,33+,34-,35+/m0/s1. The van der Waals surface area contributed by atoms with Crippen molar-refractivity contribution in [2.75, 3.05) is 26.4 Å². The molecule has 17 atom stereocenters. The molecule has 0 saturated carbocycles. The largest absolute Gasteiger partial charge is 0.480 e. The summed E-state index contributed by atoms with van der Waals surface area (Å²) in [6, 6.07) is -9.15. The molecule has 3 fully saturated rings. The van der Waals surface area contributed by atoms with Gasteiger partial charge in [0.1, 0.15) is 72.6 Å². The van der Waals surface area contributed by atoms with Crippen molar-refractivity contribution in [2.45, 2.75) is 188 Å². The molecule has 6 amide bonds. The number of carboxylic acids is 2. The average molecular weight is 1030 g/mol. The summed E-state index contributed by atoms with van der Waals surface area (Å²) in [5, 5.41) is 127. The lowest BCUT2D eigenvalue weighted by Gasteiger charge is -2.42. The molecule has 3 rings (SSSR count). The third-order valence-corrected chi connectivity index (χ3v) is 11.7. The van der Waals surface area contributed by atoms with Crippen molar-refractivity contribution >= 4 is 47.6 Å². The Balaban J connectivity index is 1.60. The molecule has 0 spiro atoms. The van der Waals surface area contributed by atoms with E-state index in [1.54, 1.807) is 0 Å². The summed E-state index contributed by atoms with van der Waals surface area (Å²) in [7, 11) is 0. The average Bonchev–Trinajstić information content (AvgIpc) is 3.29. The normalized spacial score (nSPS) is 31.7. The molecule has 0 radical (unpaired) electrons. The van der Waals surface area contributed by atoms with Crippen LogP contribution < -0.4 is 31.9 Å². The van der Waals surface area contributed by atoms with Crippen LogP contribution in [-0.2, 0) is 52.5 Å². The molecule has 406 valence electrons. The number of carboxylic acid groups (broad SMARTS) is 2. The minimum absolute atomic E-state index is 0.243. The Morgan fingerprint density at radius 1 is 0.521 bits per heavy atom. The Labute approximate surface area is 406 Å². The van der Waals surface area contributed by atoms with Crippen LogP contribution in [0.3, 0.4) is 0 Å². The molecule has 0 aromatic heterocycles. The van der Waals surface area contributed by atoms with Crippen LogP contribution in [0.2, 0.25) is 0 Å². The number of amides is 6. The Bertz CT molecular complexity index is 1820. The van der Waals surface area contributed by atoms with Crippen LogP contribution in [0.25, 0.3) is 0 Å². The summed E-state index contributed by atoms with van der Waals surface area (Å²) in [5.74, 6) is -9.76. The molecule has 3 saturated heterocycles. The Morgan fingerprint density at radius 2 is 0.873 bits per heavy atom. The highest BCUT2D eigenvalue weighted by Gasteiger charge is 2.51. The number of aliphatic hydroxyl groups is 9. The van der Waals surface area contributed by atoms with Gasteiger partial charge in [0.15, 0.2) is 18.3 Å². The van der Waals surface area contributed by atoms with Crippen molar-refractivity contribution in [3.63, 3.8) is 0 Å². The molecule has 29 nitrogen and oxygen atoms in total. The molecule has 0 aromatic carbocycles. The molecular weight excluding hydrogens is 956 g/mol. The Kier molecular flexibility index (Phi) is 23.6. The summed E-state index contributed by atoms with van der Waals surface area (Å²) < 4.78 is 21.4. The van der Waals surface area contributed by atoms with Crippen molar-refractivity contribution < 1.29 is 113 Å². The van der Waals surface area contributed by atoms with E-state index in [1.165, 1.54) is 20.8 Å². The van der Waals surface area contributed by atoms with Crippen LogP contribution in [0.1, 0.15) is 79.1 Å². The van der Waals surface area contributed by atoms with Crippen LogP contribution in [0.5, 0.6) is 0 Å². The van der Waals surface area contributed by atoms with E-state index in [1.807, 2.05) is 10.6 Å². The number of unbranched alkanes of at least 4 members (excludes halogenated alkanes) is 5. The van der Waals surface area contributed by atoms with Crippen LogP contribution in [0.15, 0.2) is 0 Å². The lowest BCUT2D eigenvalue weighted by Crippen LogP contribution is -2.68. The summed E-state index contributed by atoms with van der Waals surface area (Å²) in [6.45, 7) is 4.03. The van der Waals surface area contributed by atoms with Gasteiger partial charge in [0, 0.05) is 6.54 Å². The van der Waals surface area contributed by atoms with E-state index in [0.717, 1.165) is 32.1 Å². The van der Waals surface area contributed by atoms with Gasteiger partial charge in [-0.2, -0.15) is 0 Å². The highest BCUT2D eigenvalue weighted by atomic mass is 16.6. The predicted octanol–water partition coefficient (Wildman–Crippen LogP) is -7.31. The van der Waals surface area contributed by atoms with E-state index in [-0.39, 0.29) is 6.54 Å². The van der Waals surface area contributed by atoms with Gasteiger partial charge in [0.05, 0.1) is 50.8 Å². The minimum Gasteiger partial charge on any atom is -0.480 e. The van der Waals surface area contributed by atoms with Crippen molar-refractivity contribution in [1.82, 2.24) is 31.9 Å². The molecule has 3 aliphatic heterocycles. The van der Waals surface area contributed by atoms with Gasteiger partial charge in [-0.3, -0.25) is 24.0 Å². The highest BCUT2D eigenvalue weighted by Crippen LogP contribution is 2.25. The molecule has 0 bridgehead atoms. The Morgan fingerprint density at radius 3 is 1.23 bits per heavy atom. The third-order valence-electron chi connectivity index (χ3n) is 11.7. The molecule has 71 heavy (non-hydrogen) atoms. The van der Waals surface area contributed by atoms with Gasteiger partial charge in [-0.1, -0.05) is 39.0 Å². The quantitative estimate of drug-likeness (QED) is 0.0399. The summed E-state index contributed by atoms with van der Waals surface area (Å²) in [6.07, 6.45) is -20.8. The van der Waals surface area contributed by atoms with Crippen LogP contribution in [-0.4, -0.2) is 239 Å². The summed E-state index contributed by atoms with van der Waals surface area (Å²) in [5.41, 5.74) is -0.989. The topological polar surface area (TPSA) is 468 Å². The van der Waals surface area contributed by atoms with Crippen molar-refractivity contribution in [2.24, 2.45) is 0 Å². The predicted molar refractivity (Wildman–Crippen MR) is 235 cm³/mol. The molecule has 3 aliphatic rings. The number of hydrogen-bond donors (Lipinski definition) is 17. The fourth-order valence-electron chi connectivity index (χ4n) is 7.98. The SMILES string of the molecule is CCCCCCCCNC(=O)[C@@H]1O[C@H](CO)[C@@H](NC(=O)C[C@H](NC(=O)[C@H]2O[C@@H](CO)[C@H](NC(=O)C[C@H](NC(=O)[C@@H]3O[C@H](CO)[C@@H](NC(=O)OC(C)(C)C)[C@H](O)[C@H]3O)C(=O)O)[C@@H](O)[C@@H]2O)C(=O)O)[C@H](O)[C@H]1O. The van der Waals surface area contributed by atoms with Gasteiger partial charge >= 0.3 is 18.0 Å². The van der Waals surface area contributed by atoms with Gasteiger partial charge in [-0.05, 0) is 27.2 Å². The molecule has 0 aliphatic carbocycles. The first-order valence-electron chi connectivity index (χ1n) is 23.1. The van der Waals surface area contributed by atoms with E-state index in [2.05, 4.69) is 28.2 Å². The third kappa shape index (κ3) is 17.1. The number of alkyl carbamates (subject to hydrolysis) is 1. The first kappa shape index (κ1) is 60.4. The van der Waals surface area contributed by atoms with E-state index in [0.29, 0.717) is 6.42 Å². The zero-order valence-electron chi connectivity index (χ0n) is 39.6. The zero-order valence-corrected chi connectivity index (χ0v) is 39.6. The number of aliphatic hydroxyl groups excluding tert-OH is 9. The second kappa shape index (κ2) is 27.8. The maximum Gasteiger partial charge on any atom is 0.408 e. The van der Waals surface area contributed by atoms with Crippen molar-refractivity contribution in [1.29, 1.82) is 0 Å². The van der Waals surface area contributed by atoms with Crippen LogP contribution in [0.4, 0.5) is 4.79 Å². The van der Waals surface area contributed by atoms with Gasteiger partial charge < -0.3 is 107 Å². The lowest BCUT2D eigenvalue weighted by atomic mass is 9.91. The van der Waals surface area contributed by atoms with Crippen molar-refractivity contribution in [3.8, 4) is 0 Å². The van der Waals surface area contributed by atoms with Gasteiger partial charge in [-0.15, -0.1) is 0 Å². The first-order valence-corrected chi connectivity index (χ1v) is 23.1. The van der Waals surface area contributed by atoms with Crippen LogP contribution >= 0.6 is 0 Å². The van der Waals surface area contributed by atoms with Gasteiger partial charge in [0.2, 0.25) is 11.8 Å². The van der Waals surface area contributed by atoms with E-state index in [9.17, 15) is 94.5 Å². The second-order valence-corrected chi connectivity index (χ2v) is 18.4. The maximum atomic E-state index is 13.3. The van der Waals surface area contributed by atoms with E-state index < -0.39 is 189 Å².